The molecule has 5 nitrogen and oxygen atoms in total. The second kappa shape index (κ2) is 8.14. The van der Waals surface area contributed by atoms with Crippen LogP contribution in [0, 0.1) is 6.92 Å². The molecule has 1 aromatic carbocycles. The van der Waals surface area contributed by atoms with Crippen LogP contribution in [-0.2, 0) is 4.74 Å². The standard InChI is InChI=1S/C21H19NO4S/c1-4-26-16-8-5-14(6-9-16)7-10-18(23)15-11-17-13(2)19(21(24)25-3)27-20(17)22-12-15/h5-12H,4H2,1-3H3/b10-7+. The predicted molar refractivity (Wildman–Crippen MR) is 107 cm³/mol. The highest BCUT2D eigenvalue weighted by Crippen LogP contribution is 2.30. The van der Waals surface area contributed by atoms with Crippen molar-refractivity contribution in [3.63, 3.8) is 0 Å². The van der Waals surface area contributed by atoms with Crippen molar-refractivity contribution in [1.82, 2.24) is 4.98 Å². The molecule has 0 unspecified atom stereocenters. The maximum Gasteiger partial charge on any atom is 0.348 e. The Hall–Kier alpha value is -2.99. The number of carbonyl (C=O) groups excluding carboxylic acids is 2. The highest BCUT2D eigenvalue weighted by Gasteiger charge is 2.17. The lowest BCUT2D eigenvalue weighted by Gasteiger charge is -2.02. The number of allylic oxidation sites excluding steroid dienone is 1. The average Bonchev–Trinajstić information content (AvgIpc) is 3.03. The van der Waals surface area contributed by atoms with Crippen LogP contribution in [-0.4, -0.2) is 30.5 Å². The lowest BCUT2D eigenvalue weighted by Crippen LogP contribution is -1.99. The summed E-state index contributed by atoms with van der Waals surface area (Å²) in [6.07, 6.45) is 4.80. The van der Waals surface area contributed by atoms with Gasteiger partial charge in [0, 0.05) is 17.1 Å². The molecule has 0 fully saturated rings. The second-order valence-corrected chi connectivity index (χ2v) is 6.82. The molecule has 3 aromatic rings. The van der Waals surface area contributed by atoms with E-state index in [4.69, 9.17) is 9.47 Å². The minimum atomic E-state index is -0.390. The van der Waals surface area contributed by atoms with Gasteiger partial charge in [-0.15, -0.1) is 11.3 Å². The molecule has 0 spiro atoms. The highest BCUT2D eigenvalue weighted by molar-refractivity contribution is 7.20. The first kappa shape index (κ1) is 18.8. The summed E-state index contributed by atoms with van der Waals surface area (Å²) in [5, 5.41) is 0.792. The summed E-state index contributed by atoms with van der Waals surface area (Å²) >= 11 is 1.27. The van der Waals surface area contributed by atoms with Gasteiger partial charge in [-0.2, -0.15) is 0 Å². The molecule has 0 saturated heterocycles. The van der Waals surface area contributed by atoms with E-state index >= 15 is 0 Å². The number of thiophene rings is 1. The van der Waals surface area contributed by atoms with Crippen molar-refractivity contribution in [2.75, 3.05) is 13.7 Å². The van der Waals surface area contributed by atoms with Gasteiger partial charge in [-0.25, -0.2) is 9.78 Å². The smallest absolute Gasteiger partial charge is 0.348 e. The minimum Gasteiger partial charge on any atom is -0.494 e. The van der Waals surface area contributed by atoms with Gasteiger partial charge in [0.1, 0.15) is 15.5 Å². The second-order valence-electron chi connectivity index (χ2n) is 5.82. The van der Waals surface area contributed by atoms with Crippen LogP contribution in [0.4, 0.5) is 0 Å². The number of nitrogens with zero attached hydrogens (tertiary/aromatic N) is 1. The summed E-state index contributed by atoms with van der Waals surface area (Å²) in [7, 11) is 1.35. The third-order valence-electron chi connectivity index (χ3n) is 4.07. The first-order valence-electron chi connectivity index (χ1n) is 8.46. The first-order valence-corrected chi connectivity index (χ1v) is 9.28. The maximum absolute atomic E-state index is 12.5. The molecule has 6 heteroatoms. The molecular formula is C21H19NO4S. The minimum absolute atomic E-state index is 0.150. The van der Waals surface area contributed by atoms with Crippen LogP contribution in [0.1, 0.15) is 38.1 Å². The fourth-order valence-corrected chi connectivity index (χ4v) is 3.68. The summed E-state index contributed by atoms with van der Waals surface area (Å²) in [6, 6.07) is 9.28. The van der Waals surface area contributed by atoms with Crippen LogP contribution in [0.25, 0.3) is 16.3 Å². The number of pyridine rings is 1. The molecule has 27 heavy (non-hydrogen) atoms. The van der Waals surface area contributed by atoms with Gasteiger partial charge >= 0.3 is 5.97 Å². The molecule has 0 aliphatic carbocycles. The Morgan fingerprint density at radius 3 is 2.63 bits per heavy atom. The van der Waals surface area contributed by atoms with Gasteiger partial charge in [-0.1, -0.05) is 18.2 Å². The molecule has 138 valence electrons. The molecule has 0 saturated carbocycles. The summed E-state index contributed by atoms with van der Waals surface area (Å²) < 4.78 is 10.2. The molecule has 0 aliphatic heterocycles. The van der Waals surface area contributed by atoms with Crippen LogP contribution in [0.15, 0.2) is 42.6 Å². The van der Waals surface area contributed by atoms with Crippen LogP contribution < -0.4 is 4.74 Å². The Labute approximate surface area is 161 Å². The lowest BCUT2D eigenvalue weighted by atomic mass is 10.1. The van der Waals surface area contributed by atoms with Gasteiger partial charge in [0.15, 0.2) is 5.78 Å². The van der Waals surface area contributed by atoms with E-state index in [-0.39, 0.29) is 5.78 Å². The number of esters is 1. The maximum atomic E-state index is 12.5. The number of ether oxygens (including phenoxy) is 2. The van der Waals surface area contributed by atoms with Crippen molar-refractivity contribution < 1.29 is 19.1 Å². The zero-order valence-corrected chi connectivity index (χ0v) is 16.1. The van der Waals surface area contributed by atoms with E-state index in [9.17, 15) is 9.59 Å². The van der Waals surface area contributed by atoms with E-state index in [1.54, 1.807) is 12.1 Å². The fraction of sp³-hybridized carbons (Fsp3) is 0.190. The Bertz CT molecular complexity index is 1020. The van der Waals surface area contributed by atoms with E-state index in [2.05, 4.69) is 4.98 Å². The number of hydrogen-bond acceptors (Lipinski definition) is 6. The van der Waals surface area contributed by atoms with E-state index in [1.807, 2.05) is 38.1 Å². The Morgan fingerprint density at radius 1 is 1.22 bits per heavy atom. The quantitative estimate of drug-likeness (QED) is 0.352. The highest BCUT2D eigenvalue weighted by atomic mass is 32.1. The number of rotatable bonds is 6. The summed E-state index contributed by atoms with van der Waals surface area (Å²) in [5.74, 6) is 0.257. The zero-order valence-electron chi connectivity index (χ0n) is 15.3. The molecule has 0 N–H and O–H groups in total. The SMILES string of the molecule is CCOc1ccc(/C=C/C(=O)c2cnc3sc(C(=O)OC)c(C)c3c2)cc1. The monoisotopic (exact) mass is 381 g/mol. The number of aromatic nitrogens is 1. The number of ketones is 1. The van der Waals surface area contributed by atoms with Gasteiger partial charge < -0.3 is 9.47 Å². The summed E-state index contributed by atoms with van der Waals surface area (Å²) in [4.78, 5) is 29.9. The zero-order chi connectivity index (χ0) is 19.4. The van der Waals surface area contributed by atoms with E-state index in [0.29, 0.717) is 21.9 Å². The topological polar surface area (TPSA) is 65.5 Å². The summed E-state index contributed by atoms with van der Waals surface area (Å²) in [6.45, 7) is 4.38. The number of carbonyl (C=O) groups is 2. The number of aryl methyl sites for hydroxylation is 1. The van der Waals surface area contributed by atoms with Crippen molar-refractivity contribution in [3.8, 4) is 5.75 Å². The van der Waals surface area contributed by atoms with E-state index in [0.717, 1.165) is 22.3 Å². The van der Waals surface area contributed by atoms with Gasteiger partial charge in [0.05, 0.1) is 13.7 Å². The molecule has 0 radical (unpaired) electrons. The molecule has 2 heterocycles. The van der Waals surface area contributed by atoms with Crippen molar-refractivity contribution in [2.24, 2.45) is 0 Å². The van der Waals surface area contributed by atoms with Crippen molar-refractivity contribution in [3.05, 3.63) is 64.2 Å². The molecule has 3 rings (SSSR count). The predicted octanol–water partition coefficient (Wildman–Crippen LogP) is 4.69. The van der Waals surface area contributed by atoms with Crippen LogP contribution in [0.5, 0.6) is 5.75 Å². The Kier molecular flexibility index (Phi) is 5.66. The van der Waals surface area contributed by atoms with Crippen molar-refractivity contribution in [1.29, 1.82) is 0 Å². The number of methoxy groups -OCH3 is 1. The van der Waals surface area contributed by atoms with Gasteiger partial charge in [0.25, 0.3) is 0 Å². The third kappa shape index (κ3) is 4.06. The summed E-state index contributed by atoms with van der Waals surface area (Å²) in [5.41, 5.74) is 2.15. The molecule has 0 atom stereocenters. The van der Waals surface area contributed by atoms with Crippen molar-refractivity contribution >= 4 is 39.4 Å². The largest absolute Gasteiger partial charge is 0.494 e. The fourth-order valence-electron chi connectivity index (χ4n) is 2.63. The molecule has 0 bridgehead atoms. The molecule has 0 aliphatic rings. The van der Waals surface area contributed by atoms with Crippen LogP contribution in [0.3, 0.4) is 0 Å². The number of benzene rings is 1. The lowest BCUT2D eigenvalue weighted by molar-refractivity contribution is 0.0605. The van der Waals surface area contributed by atoms with Crippen LogP contribution in [0.2, 0.25) is 0 Å². The first-order chi connectivity index (χ1) is 13.0. The van der Waals surface area contributed by atoms with Gasteiger partial charge in [-0.3, -0.25) is 4.79 Å². The van der Waals surface area contributed by atoms with Gasteiger partial charge in [-0.05, 0) is 49.2 Å². The van der Waals surface area contributed by atoms with Crippen LogP contribution >= 0.6 is 11.3 Å². The average molecular weight is 381 g/mol. The van der Waals surface area contributed by atoms with E-state index < -0.39 is 5.97 Å². The Morgan fingerprint density at radius 2 is 1.96 bits per heavy atom. The van der Waals surface area contributed by atoms with Gasteiger partial charge in [0.2, 0.25) is 0 Å². The molecule has 0 amide bonds. The normalized spacial score (nSPS) is 11.1. The van der Waals surface area contributed by atoms with E-state index in [1.165, 1.54) is 30.7 Å². The molecular weight excluding hydrogens is 362 g/mol. The Balaban J connectivity index is 1.82. The molecule has 2 aromatic heterocycles. The number of hydrogen-bond donors (Lipinski definition) is 0. The van der Waals surface area contributed by atoms with Crippen molar-refractivity contribution in [2.45, 2.75) is 13.8 Å². The number of fused-ring (bicyclic) bond motifs is 1. The third-order valence-corrected chi connectivity index (χ3v) is 5.26.